The Morgan fingerprint density at radius 3 is 2.45 bits per heavy atom. The van der Waals surface area contributed by atoms with Gasteiger partial charge in [-0.15, -0.1) is 0 Å². The second-order valence-corrected chi connectivity index (χ2v) is 6.43. The lowest BCUT2D eigenvalue weighted by molar-refractivity contribution is 0.198. The lowest BCUT2D eigenvalue weighted by Gasteiger charge is -2.35. The summed E-state index contributed by atoms with van der Waals surface area (Å²) in [7, 11) is 1.72. The van der Waals surface area contributed by atoms with Crippen LogP contribution in [0, 0.1) is 0 Å². The number of nitrogens with zero attached hydrogens (tertiary/aromatic N) is 1. The van der Waals surface area contributed by atoms with Crippen LogP contribution < -0.4 is 10.1 Å². The highest BCUT2D eigenvalue weighted by Crippen LogP contribution is 2.31. The van der Waals surface area contributed by atoms with Crippen molar-refractivity contribution in [2.45, 2.75) is 6.04 Å². The Labute approximate surface area is 140 Å². The van der Waals surface area contributed by atoms with E-state index in [9.17, 15) is 0 Å². The van der Waals surface area contributed by atoms with E-state index in [4.69, 9.17) is 4.74 Å². The Kier molecular flexibility index (Phi) is 5.13. The van der Waals surface area contributed by atoms with Gasteiger partial charge in [-0.2, -0.15) is 0 Å². The topological polar surface area (TPSA) is 24.5 Å². The quantitative estimate of drug-likeness (QED) is 0.903. The summed E-state index contributed by atoms with van der Waals surface area (Å²) in [5, 5.41) is 3.43. The van der Waals surface area contributed by atoms with E-state index in [0.717, 1.165) is 36.4 Å². The van der Waals surface area contributed by atoms with Gasteiger partial charge in [0.1, 0.15) is 5.75 Å². The SMILES string of the molecule is COc1cccc(C(c2ccc(Br)cc2)N2CCNCC2)c1. The zero-order chi connectivity index (χ0) is 15.4. The number of nitrogens with one attached hydrogen (secondary N) is 1. The van der Waals surface area contributed by atoms with Crippen LogP contribution in [0.25, 0.3) is 0 Å². The van der Waals surface area contributed by atoms with Crippen molar-refractivity contribution >= 4 is 15.9 Å². The predicted octanol–water partition coefficient (Wildman–Crippen LogP) is 3.45. The van der Waals surface area contributed by atoms with Crippen molar-refractivity contribution in [2.75, 3.05) is 33.3 Å². The molecular weight excluding hydrogens is 340 g/mol. The molecule has 1 N–H and O–H groups in total. The van der Waals surface area contributed by atoms with Crippen LogP contribution in [0.5, 0.6) is 5.75 Å². The zero-order valence-electron chi connectivity index (χ0n) is 12.8. The van der Waals surface area contributed by atoms with E-state index in [1.807, 2.05) is 6.07 Å². The molecule has 0 amide bonds. The molecule has 0 bridgehead atoms. The van der Waals surface area contributed by atoms with E-state index in [0.29, 0.717) is 0 Å². The number of halogens is 1. The number of methoxy groups -OCH3 is 1. The van der Waals surface area contributed by atoms with Gasteiger partial charge < -0.3 is 10.1 Å². The van der Waals surface area contributed by atoms with Crippen molar-refractivity contribution in [1.29, 1.82) is 0 Å². The normalized spacial score (nSPS) is 17.2. The Bertz CT molecular complexity index is 609. The average Bonchev–Trinajstić information content (AvgIpc) is 2.58. The van der Waals surface area contributed by atoms with E-state index in [1.54, 1.807) is 7.11 Å². The predicted molar refractivity (Wildman–Crippen MR) is 93.4 cm³/mol. The summed E-state index contributed by atoms with van der Waals surface area (Å²) in [4.78, 5) is 2.54. The lowest BCUT2D eigenvalue weighted by atomic mass is 9.96. The summed E-state index contributed by atoms with van der Waals surface area (Å²) in [5.74, 6) is 0.912. The molecule has 1 heterocycles. The van der Waals surface area contributed by atoms with Crippen LogP contribution in [0.4, 0.5) is 0 Å². The standard InChI is InChI=1S/C18H21BrN2O/c1-22-17-4-2-3-15(13-17)18(21-11-9-20-10-12-21)14-5-7-16(19)8-6-14/h2-8,13,18,20H,9-12H2,1H3. The average molecular weight is 361 g/mol. The van der Waals surface area contributed by atoms with Crippen LogP contribution in [0.3, 0.4) is 0 Å². The first kappa shape index (κ1) is 15.5. The molecule has 1 atom stereocenters. The smallest absolute Gasteiger partial charge is 0.119 e. The summed E-state index contributed by atoms with van der Waals surface area (Å²) in [6.07, 6.45) is 0. The molecule has 0 aliphatic carbocycles. The van der Waals surface area contributed by atoms with Crippen LogP contribution in [-0.4, -0.2) is 38.2 Å². The van der Waals surface area contributed by atoms with E-state index in [1.165, 1.54) is 11.1 Å². The molecule has 1 aliphatic heterocycles. The fourth-order valence-corrected chi connectivity index (χ4v) is 3.28. The number of rotatable bonds is 4. The largest absolute Gasteiger partial charge is 0.497 e. The highest BCUT2D eigenvalue weighted by molar-refractivity contribution is 9.10. The first-order chi connectivity index (χ1) is 10.8. The molecule has 0 saturated carbocycles. The van der Waals surface area contributed by atoms with Crippen molar-refractivity contribution in [3.63, 3.8) is 0 Å². The third kappa shape index (κ3) is 3.51. The van der Waals surface area contributed by atoms with Crippen LogP contribution in [-0.2, 0) is 0 Å². The van der Waals surface area contributed by atoms with Crippen molar-refractivity contribution in [3.05, 3.63) is 64.1 Å². The van der Waals surface area contributed by atoms with Crippen LogP contribution >= 0.6 is 15.9 Å². The van der Waals surface area contributed by atoms with Crippen LogP contribution in [0.15, 0.2) is 53.0 Å². The van der Waals surface area contributed by atoms with Gasteiger partial charge in [0.05, 0.1) is 13.2 Å². The third-order valence-corrected chi connectivity index (χ3v) is 4.64. The van der Waals surface area contributed by atoms with Crippen LogP contribution in [0.1, 0.15) is 17.2 Å². The van der Waals surface area contributed by atoms with E-state index in [2.05, 4.69) is 68.6 Å². The minimum atomic E-state index is 0.269. The van der Waals surface area contributed by atoms with Gasteiger partial charge in [-0.05, 0) is 35.4 Å². The highest BCUT2D eigenvalue weighted by atomic mass is 79.9. The molecule has 1 fully saturated rings. The van der Waals surface area contributed by atoms with Gasteiger partial charge in [0.25, 0.3) is 0 Å². The molecular formula is C18H21BrN2O. The molecule has 3 rings (SSSR count). The first-order valence-electron chi connectivity index (χ1n) is 7.62. The van der Waals surface area contributed by atoms with Crippen molar-refractivity contribution in [3.8, 4) is 5.75 Å². The Hall–Kier alpha value is -1.36. The van der Waals surface area contributed by atoms with E-state index in [-0.39, 0.29) is 6.04 Å². The molecule has 116 valence electrons. The van der Waals surface area contributed by atoms with Gasteiger partial charge >= 0.3 is 0 Å². The Morgan fingerprint density at radius 1 is 1.05 bits per heavy atom. The van der Waals surface area contributed by atoms with Gasteiger partial charge in [-0.25, -0.2) is 0 Å². The number of ether oxygens (including phenoxy) is 1. The number of benzene rings is 2. The second-order valence-electron chi connectivity index (χ2n) is 5.52. The molecule has 1 unspecified atom stereocenters. The summed E-state index contributed by atoms with van der Waals surface area (Å²) in [6, 6.07) is 17.3. The van der Waals surface area contributed by atoms with Gasteiger partial charge in [-0.1, -0.05) is 40.2 Å². The van der Waals surface area contributed by atoms with E-state index < -0.39 is 0 Å². The fourth-order valence-electron chi connectivity index (χ4n) is 3.01. The van der Waals surface area contributed by atoms with Crippen molar-refractivity contribution in [1.82, 2.24) is 10.2 Å². The Morgan fingerprint density at radius 2 is 1.77 bits per heavy atom. The first-order valence-corrected chi connectivity index (χ1v) is 8.41. The molecule has 22 heavy (non-hydrogen) atoms. The van der Waals surface area contributed by atoms with Gasteiger partial charge in [0.15, 0.2) is 0 Å². The maximum absolute atomic E-state index is 5.41. The molecule has 1 aliphatic rings. The summed E-state index contributed by atoms with van der Waals surface area (Å²) in [5.41, 5.74) is 2.60. The summed E-state index contributed by atoms with van der Waals surface area (Å²) in [6.45, 7) is 4.18. The minimum absolute atomic E-state index is 0.269. The highest BCUT2D eigenvalue weighted by Gasteiger charge is 2.24. The number of hydrogen-bond donors (Lipinski definition) is 1. The summed E-state index contributed by atoms with van der Waals surface area (Å²) >= 11 is 3.53. The molecule has 0 spiro atoms. The number of hydrogen-bond acceptors (Lipinski definition) is 3. The van der Waals surface area contributed by atoms with E-state index >= 15 is 0 Å². The minimum Gasteiger partial charge on any atom is -0.497 e. The van der Waals surface area contributed by atoms with Gasteiger partial charge in [-0.3, -0.25) is 4.90 Å². The number of piperazine rings is 1. The van der Waals surface area contributed by atoms with Gasteiger partial charge in [0.2, 0.25) is 0 Å². The molecule has 1 saturated heterocycles. The second kappa shape index (κ2) is 7.27. The van der Waals surface area contributed by atoms with Crippen molar-refractivity contribution in [2.24, 2.45) is 0 Å². The van der Waals surface area contributed by atoms with Crippen molar-refractivity contribution < 1.29 is 4.74 Å². The molecule has 0 radical (unpaired) electrons. The fraction of sp³-hybridized carbons (Fsp3) is 0.333. The monoisotopic (exact) mass is 360 g/mol. The molecule has 4 heteroatoms. The maximum Gasteiger partial charge on any atom is 0.119 e. The molecule has 2 aromatic rings. The maximum atomic E-state index is 5.41. The zero-order valence-corrected chi connectivity index (χ0v) is 14.3. The third-order valence-electron chi connectivity index (χ3n) is 4.11. The van der Waals surface area contributed by atoms with Crippen LogP contribution in [0.2, 0.25) is 0 Å². The molecule has 0 aromatic heterocycles. The van der Waals surface area contributed by atoms with Gasteiger partial charge in [0, 0.05) is 30.7 Å². The summed E-state index contributed by atoms with van der Waals surface area (Å²) < 4.78 is 6.52. The molecule has 3 nitrogen and oxygen atoms in total. The Balaban J connectivity index is 1.99. The lowest BCUT2D eigenvalue weighted by Crippen LogP contribution is -2.45. The molecule has 2 aromatic carbocycles.